The number of hydrogen-bond donors (Lipinski definition) is 1. The molecule has 1 aromatic heterocycles. The van der Waals surface area contributed by atoms with Gasteiger partial charge in [-0.15, -0.1) is 4.72 Å². The summed E-state index contributed by atoms with van der Waals surface area (Å²) in [4.78, 5) is 4.12. The molecule has 0 bridgehead atoms. The van der Waals surface area contributed by atoms with Crippen LogP contribution in [0.5, 0.6) is 0 Å². The minimum absolute atomic E-state index is 0.0831. The molecule has 0 aliphatic carbocycles. The van der Waals surface area contributed by atoms with Crippen molar-refractivity contribution in [2.75, 3.05) is 0 Å². The lowest BCUT2D eigenvalue weighted by atomic mass is 9.83. The number of nitrogens with zero attached hydrogens (tertiary/aromatic N) is 2. The highest BCUT2D eigenvalue weighted by atomic mass is 35.5. The van der Waals surface area contributed by atoms with Crippen LogP contribution in [0.2, 0.25) is 5.02 Å². The van der Waals surface area contributed by atoms with Gasteiger partial charge in [0.25, 0.3) is 0 Å². The predicted molar refractivity (Wildman–Crippen MR) is 103 cm³/mol. The third-order valence-electron chi connectivity index (χ3n) is 4.05. The standard InChI is InChI=1S/C19H18ClF4N3OS/c1-17(2,3)29(28)27-18(6-7-25,16-5-4-14(20)11-26-16)12-8-13(19(22,23)24)10-15(21)9-12/h4-5,8-11,27H,6H2,1-3H3/t18-,29?/m1/s1. The smallest absolute Gasteiger partial charge is 0.416 e. The minimum Gasteiger partial charge on any atom is -0.598 e. The summed E-state index contributed by atoms with van der Waals surface area (Å²) < 4.78 is 68.8. The number of nitriles is 1. The summed E-state index contributed by atoms with van der Waals surface area (Å²) in [5.41, 5.74) is -3.13. The second kappa shape index (κ2) is 8.48. The predicted octanol–water partition coefficient (Wildman–Crippen LogP) is 5.10. The molecule has 0 spiro atoms. The van der Waals surface area contributed by atoms with Gasteiger partial charge in [0.1, 0.15) is 16.1 Å². The van der Waals surface area contributed by atoms with Crippen LogP contribution in [0.1, 0.15) is 44.0 Å². The summed E-state index contributed by atoms with van der Waals surface area (Å²) in [6.45, 7) is 4.94. The molecule has 0 saturated carbocycles. The van der Waals surface area contributed by atoms with Gasteiger partial charge in [0, 0.05) is 17.6 Å². The van der Waals surface area contributed by atoms with Crippen molar-refractivity contribution in [1.29, 1.82) is 5.26 Å². The number of rotatable bonds is 5. The van der Waals surface area contributed by atoms with E-state index in [0.717, 1.165) is 12.1 Å². The molecule has 2 aromatic rings. The molecule has 0 amide bonds. The molecule has 0 fully saturated rings. The fourth-order valence-corrected chi connectivity index (χ4v) is 3.57. The van der Waals surface area contributed by atoms with Gasteiger partial charge in [-0.25, -0.2) is 4.39 Å². The van der Waals surface area contributed by atoms with Crippen molar-refractivity contribution >= 4 is 23.0 Å². The van der Waals surface area contributed by atoms with Gasteiger partial charge < -0.3 is 4.55 Å². The van der Waals surface area contributed by atoms with Crippen LogP contribution in [-0.2, 0) is 23.1 Å². The molecule has 4 nitrogen and oxygen atoms in total. The van der Waals surface area contributed by atoms with Gasteiger partial charge in [-0.05, 0) is 56.7 Å². The first-order valence-electron chi connectivity index (χ1n) is 8.36. The van der Waals surface area contributed by atoms with Gasteiger partial charge in [0.05, 0.1) is 28.8 Å². The first-order valence-corrected chi connectivity index (χ1v) is 9.89. The summed E-state index contributed by atoms with van der Waals surface area (Å²) in [5.74, 6) is -1.14. The van der Waals surface area contributed by atoms with Gasteiger partial charge in [-0.3, -0.25) is 4.98 Å². The van der Waals surface area contributed by atoms with Crippen LogP contribution in [0.4, 0.5) is 17.6 Å². The lowest BCUT2D eigenvalue weighted by Crippen LogP contribution is -2.52. The van der Waals surface area contributed by atoms with Crippen LogP contribution >= 0.6 is 11.6 Å². The van der Waals surface area contributed by atoms with E-state index in [4.69, 9.17) is 11.6 Å². The number of benzene rings is 1. The minimum atomic E-state index is -4.81. The van der Waals surface area contributed by atoms with Crippen molar-refractivity contribution in [3.05, 3.63) is 64.2 Å². The summed E-state index contributed by atoms with van der Waals surface area (Å²) in [6.07, 6.45) is -4.02. The molecule has 0 aliphatic heterocycles. The Kier molecular flexibility index (Phi) is 6.85. The van der Waals surface area contributed by atoms with Gasteiger partial charge in [0.15, 0.2) is 0 Å². The Labute approximate surface area is 174 Å². The van der Waals surface area contributed by atoms with Gasteiger partial charge in [0.2, 0.25) is 0 Å². The Hall–Kier alpha value is -1.86. The summed E-state index contributed by atoms with van der Waals surface area (Å²) in [6, 6.07) is 6.66. The summed E-state index contributed by atoms with van der Waals surface area (Å²) in [5, 5.41) is 9.69. The van der Waals surface area contributed by atoms with E-state index >= 15 is 0 Å². The number of aromatic nitrogens is 1. The van der Waals surface area contributed by atoms with Crippen molar-refractivity contribution in [2.45, 2.75) is 43.7 Å². The fourth-order valence-electron chi connectivity index (χ4n) is 2.55. The van der Waals surface area contributed by atoms with Crippen molar-refractivity contribution in [3.8, 4) is 6.07 Å². The zero-order chi connectivity index (χ0) is 22.0. The molecule has 156 valence electrons. The molecule has 1 N–H and O–H groups in total. The van der Waals surface area contributed by atoms with E-state index in [1.165, 1.54) is 18.3 Å². The second-order valence-corrected chi connectivity index (χ2v) is 9.71. The van der Waals surface area contributed by atoms with Crippen LogP contribution in [0, 0.1) is 17.1 Å². The van der Waals surface area contributed by atoms with Crippen LogP contribution in [0.3, 0.4) is 0 Å². The van der Waals surface area contributed by atoms with Crippen molar-refractivity contribution in [1.82, 2.24) is 9.71 Å². The molecule has 1 aromatic carbocycles. The van der Waals surface area contributed by atoms with Crippen molar-refractivity contribution in [3.63, 3.8) is 0 Å². The Morgan fingerprint density at radius 3 is 2.28 bits per heavy atom. The molecule has 1 unspecified atom stereocenters. The molecule has 0 aliphatic rings. The van der Waals surface area contributed by atoms with Crippen molar-refractivity contribution in [2.24, 2.45) is 0 Å². The van der Waals surface area contributed by atoms with E-state index in [1.807, 2.05) is 6.07 Å². The highest BCUT2D eigenvalue weighted by Crippen LogP contribution is 2.38. The lowest BCUT2D eigenvalue weighted by Gasteiger charge is -2.36. The number of alkyl halides is 3. The quantitative estimate of drug-likeness (QED) is 0.511. The van der Waals surface area contributed by atoms with Gasteiger partial charge in [-0.1, -0.05) is 11.6 Å². The highest BCUT2D eigenvalue weighted by Gasteiger charge is 2.45. The first kappa shape index (κ1) is 23.4. The van der Waals surface area contributed by atoms with Crippen LogP contribution in [0.25, 0.3) is 0 Å². The van der Waals surface area contributed by atoms with E-state index in [1.54, 1.807) is 20.8 Å². The van der Waals surface area contributed by atoms with Crippen LogP contribution in [-0.4, -0.2) is 14.3 Å². The van der Waals surface area contributed by atoms with Gasteiger partial charge in [-0.2, -0.15) is 18.4 Å². The summed E-state index contributed by atoms with van der Waals surface area (Å²) in [7, 11) is 0. The van der Waals surface area contributed by atoms with E-state index in [9.17, 15) is 27.4 Å². The molecule has 1 heterocycles. The Morgan fingerprint density at radius 2 is 1.79 bits per heavy atom. The molecular formula is C19H18ClF4N3OS. The van der Waals surface area contributed by atoms with E-state index < -0.39 is 45.6 Å². The number of nitrogens with one attached hydrogen (secondary N) is 1. The molecule has 10 heteroatoms. The topological polar surface area (TPSA) is 71.8 Å². The number of halogens is 5. The van der Waals surface area contributed by atoms with Gasteiger partial charge >= 0.3 is 6.18 Å². The SMILES string of the molecule is CC(C)(C)[S+]([O-])N[C@](CC#N)(c1cc(F)cc(C(F)(F)F)c1)c1ccc(Cl)cn1. The largest absolute Gasteiger partial charge is 0.598 e. The maximum atomic E-state index is 14.2. The molecule has 29 heavy (non-hydrogen) atoms. The second-order valence-electron chi connectivity index (χ2n) is 7.31. The van der Waals surface area contributed by atoms with E-state index in [-0.39, 0.29) is 16.3 Å². The third-order valence-corrected chi connectivity index (χ3v) is 5.92. The molecule has 0 saturated heterocycles. The average Bonchev–Trinajstić information content (AvgIpc) is 2.59. The van der Waals surface area contributed by atoms with Crippen molar-refractivity contribution < 1.29 is 22.1 Å². The Bertz CT molecular complexity index is 910. The van der Waals surface area contributed by atoms with Crippen LogP contribution in [0.15, 0.2) is 36.5 Å². The number of hydrogen-bond acceptors (Lipinski definition) is 4. The van der Waals surface area contributed by atoms with E-state index in [2.05, 4.69) is 9.71 Å². The Balaban J connectivity index is 2.80. The maximum Gasteiger partial charge on any atom is 0.416 e. The number of pyridine rings is 1. The summed E-state index contributed by atoms with van der Waals surface area (Å²) >= 11 is 4.03. The lowest BCUT2D eigenvalue weighted by molar-refractivity contribution is -0.137. The zero-order valence-electron chi connectivity index (χ0n) is 15.8. The molecule has 2 rings (SSSR count). The fraction of sp³-hybridized carbons (Fsp3) is 0.368. The monoisotopic (exact) mass is 447 g/mol. The molecule has 0 radical (unpaired) electrons. The maximum absolute atomic E-state index is 14.2. The Morgan fingerprint density at radius 1 is 1.17 bits per heavy atom. The zero-order valence-corrected chi connectivity index (χ0v) is 17.3. The molecule has 2 atom stereocenters. The highest BCUT2D eigenvalue weighted by molar-refractivity contribution is 7.90. The van der Waals surface area contributed by atoms with Crippen LogP contribution < -0.4 is 4.72 Å². The third kappa shape index (κ3) is 5.39. The molecular weight excluding hydrogens is 430 g/mol. The average molecular weight is 448 g/mol. The normalized spacial score (nSPS) is 15.4. The first-order chi connectivity index (χ1) is 13.3. The van der Waals surface area contributed by atoms with E-state index in [0.29, 0.717) is 6.07 Å².